The third kappa shape index (κ3) is 2.84. The molecule has 0 amide bonds. The van der Waals surface area contributed by atoms with Crippen molar-refractivity contribution in [2.45, 2.75) is 39.0 Å². The van der Waals surface area contributed by atoms with Gasteiger partial charge in [0.05, 0.1) is 0 Å². The molecular formula is C12H20N2O2. The first-order valence-corrected chi connectivity index (χ1v) is 5.83. The van der Waals surface area contributed by atoms with Crippen LogP contribution in [-0.4, -0.2) is 9.13 Å². The summed E-state index contributed by atoms with van der Waals surface area (Å²) in [6.45, 7) is 2.16. The van der Waals surface area contributed by atoms with Gasteiger partial charge in [0.15, 0.2) is 0 Å². The molecule has 16 heavy (non-hydrogen) atoms. The molecule has 90 valence electrons. The van der Waals surface area contributed by atoms with Crippen LogP contribution >= 0.6 is 0 Å². The van der Waals surface area contributed by atoms with E-state index in [1.807, 2.05) is 0 Å². The first-order valence-electron chi connectivity index (χ1n) is 5.83. The lowest BCUT2D eigenvalue weighted by Gasteiger charge is -2.06. The van der Waals surface area contributed by atoms with Crippen molar-refractivity contribution < 1.29 is 0 Å². The van der Waals surface area contributed by atoms with Crippen molar-refractivity contribution in [2.75, 3.05) is 0 Å². The Kier molecular flexibility index (Phi) is 4.52. The normalized spacial score (nSPS) is 10.7. The molecule has 0 aliphatic carbocycles. The number of hydrogen-bond acceptors (Lipinski definition) is 2. The summed E-state index contributed by atoms with van der Waals surface area (Å²) in [7, 11) is 3.21. The molecule has 0 saturated heterocycles. The average molecular weight is 224 g/mol. The van der Waals surface area contributed by atoms with Crippen molar-refractivity contribution >= 4 is 0 Å². The molecule has 0 aromatic carbocycles. The van der Waals surface area contributed by atoms with E-state index in [4.69, 9.17) is 0 Å². The maximum atomic E-state index is 11.8. The highest BCUT2D eigenvalue weighted by molar-refractivity contribution is 5.05. The summed E-state index contributed by atoms with van der Waals surface area (Å²) in [4.78, 5) is 23.2. The van der Waals surface area contributed by atoms with Gasteiger partial charge in [-0.15, -0.1) is 0 Å². The maximum absolute atomic E-state index is 11.8. The predicted octanol–water partition coefficient (Wildman–Crippen LogP) is 1.21. The van der Waals surface area contributed by atoms with E-state index in [-0.39, 0.29) is 11.2 Å². The Hall–Kier alpha value is -1.32. The number of aryl methyl sites for hydroxylation is 2. The molecule has 4 nitrogen and oxygen atoms in total. The Bertz CT molecular complexity index is 457. The van der Waals surface area contributed by atoms with Crippen LogP contribution in [0, 0.1) is 0 Å². The second kappa shape index (κ2) is 5.68. The fourth-order valence-electron chi connectivity index (χ4n) is 1.80. The van der Waals surface area contributed by atoms with Crippen LogP contribution in [0.15, 0.2) is 15.8 Å². The summed E-state index contributed by atoms with van der Waals surface area (Å²) in [6.07, 6.45) is 6.97. The van der Waals surface area contributed by atoms with Gasteiger partial charge in [-0.2, -0.15) is 0 Å². The van der Waals surface area contributed by atoms with Crippen LogP contribution in [0.4, 0.5) is 0 Å². The quantitative estimate of drug-likeness (QED) is 0.706. The molecule has 1 aromatic rings. The van der Waals surface area contributed by atoms with Gasteiger partial charge < -0.3 is 4.57 Å². The lowest BCUT2D eigenvalue weighted by Crippen LogP contribution is -2.38. The van der Waals surface area contributed by atoms with E-state index in [0.717, 1.165) is 24.8 Å². The van der Waals surface area contributed by atoms with Gasteiger partial charge in [-0.3, -0.25) is 9.36 Å². The largest absolute Gasteiger partial charge is 0.330 e. The molecule has 0 unspecified atom stereocenters. The monoisotopic (exact) mass is 224 g/mol. The molecule has 0 atom stereocenters. The predicted molar refractivity (Wildman–Crippen MR) is 64.8 cm³/mol. The number of aromatic nitrogens is 2. The van der Waals surface area contributed by atoms with E-state index in [2.05, 4.69) is 6.92 Å². The molecule has 0 bridgehead atoms. The lowest BCUT2D eigenvalue weighted by atomic mass is 10.1. The number of rotatable bonds is 5. The Morgan fingerprint density at radius 1 is 1.12 bits per heavy atom. The molecule has 1 heterocycles. The molecule has 0 N–H and O–H groups in total. The first kappa shape index (κ1) is 12.7. The summed E-state index contributed by atoms with van der Waals surface area (Å²) < 4.78 is 2.64. The zero-order valence-electron chi connectivity index (χ0n) is 10.3. The van der Waals surface area contributed by atoms with Crippen molar-refractivity contribution in [3.05, 3.63) is 32.6 Å². The standard InChI is InChI=1S/C12H20N2O2/c1-4-5-6-7-8-10-9-13(2)12(16)14(3)11(10)15/h9H,4-8H2,1-3H3. The minimum absolute atomic E-state index is 0.153. The molecule has 4 heteroatoms. The zero-order valence-corrected chi connectivity index (χ0v) is 10.3. The summed E-state index contributed by atoms with van der Waals surface area (Å²) in [6, 6.07) is 0. The highest BCUT2D eigenvalue weighted by Gasteiger charge is 2.05. The summed E-state index contributed by atoms with van der Waals surface area (Å²) >= 11 is 0. The Balaban J connectivity index is 2.82. The maximum Gasteiger partial charge on any atom is 0.330 e. The SMILES string of the molecule is CCCCCCc1cn(C)c(=O)n(C)c1=O. The lowest BCUT2D eigenvalue weighted by molar-refractivity contribution is 0.632. The van der Waals surface area contributed by atoms with Crippen LogP contribution in [0.3, 0.4) is 0 Å². The van der Waals surface area contributed by atoms with Crippen LogP contribution < -0.4 is 11.2 Å². The number of unbranched alkanes of at least 4 members (excludes halogenated alkanes) is 3. The van der Waals surface area contributed by atoms with Crippen LogP contribution in [0.25, 0.3) is 0 Å². The Morgan fingerprint density at radius 2 is 1.81 bits per heavy atom. The zero-order chi connectivity index (χ0) is 12.1. The van der Waals surface area contributed by atoms with E-state index < -0.39 is 0 Å². The van der Waals surface area contributed by atoms with Gasteiger partial charge >= 0.3 is 5.69 Å². The molecule has 0 spiro atoms. The minimum atomic E-state index is -0.262. The smallest absolute Gasteiger partial charge is 0.303 e. The number of hydrogen-bond donors (Lipinski definition) is 0. The fourth-order valence-corrected chi connectivity index (χ4v) is 1.80. The van der Waals surface area contributed by atoms with Gasteiger partial charge in [-0.25, -0.2) is 4.79 Å². The first-order chi connectivity index (χ1) is 7.57. The van der Waals surface area contributed by atoms with Crippen LogP contribution in [0.2, 0.25) is 0 Å². The van der Waals surface area contributed by atoms with E-state index >= 15 is 0 Å². The van der Waals surface area contributed by atoms with Crippen molar-refractivity contribution in [2.24, 2.45) is 14.1 Å². The van der Waals surface area contributed by atoms with Gasteiger partial charge in [0, 0.05) is 25.9 Å². The number of nitrogens with zero attached hydrogens (tertiary/aromatic N) is 2. The summed E-state index contributed by atoms with van der Waals surface area (Å²) in [5.41, 5.74) is 0.322. The molecule has 1 aromatic heterocycles. The Labute approximate surface area is 95.5 Å². The highest BCUT2D eigenvalue weighted by atomic mass is 16.2. The minimum Gasteiger partial charge on any atom is -0.303 e. The Morgan fingerprint density at radius 3 is 2.44 bits per heavy atom. The topological polar surface area (TPSA) is 44.0 Å². The van der Waals surface area contributed by atoms with E-state index in [1.54, 1.807) is 13.2 Å². The molecule has 0 aliphatic rings. The molecule has 0 aliphatic heterocycles. The van der Waals surface area contributed by atoms with Crippen molar-refractivity contribution in [1.29, 1.82) is 0 Å². The highest BCUT2D eigenvalue weighted by Crippen LogP contribution is 2.03. The van der Waals surface area contributed by atoms with Gasteiger partial charge in [0.2, 0.25) is 0 Å². The summed E-state index contributed by atoms with van der Waals surface area (Å²) in [5.74, 6) is 0. The van der Waals surface area contributed by atoms with E-state index in [9.17, 15) is 9.59 Å². The molecule has 0 fully saturated rings. The van der Waals surface area contributed by atoms with Crippen LogP contribution in [0.5, 0.6) is 0 Å². The van der Waals surface area contributed by atoms with Crippen LogP contribution in [-0.2, 0) is 20.5 Å². The van der Waals surface area contributed by atoms with E-state index in [1.165, 1.54) is 29.0 Å². The van der Waals surface area contributed by atoms with Gasteiger partial charge in [0.25, 0.3) is 5.56 Å². The average Bonchev–Trinajstić information content (AvgIpc) is 2.28. The molecule has 1 rings (SSSR count). The van der Waals surface area contributed by atoms with Gasteiger partial charge in [-0.05, 0) is 12.8 Å². The van der Waals surface area contributed by atoms with Gasteiger partial charge in [0.1, 0.15) is 0 Å². The van der Waals surface area contributed by atoms with Crippen molar-refractivity contribution in [1.82, 2.24) is 9.13 Å². The fraction of sp³-hybridized carbons (Fsp3) is 0.667. The molecule has 0 saturated carbocycles. The van der Waals surface area contributed by atoms with Gasteiger partial charge in [-0.1, -0.05) is 26.2 Å². The molecular weight excluding hydrogens is 204 g/mol. The van der Waals surface area contributed by atoms with Crippen LogP contribution in [0.1, 0.15) is 38.2 Å². The van der Waals surface area contributed by atoms with Crippen molar-refractivity contribution in [3.8, 4) is 0 Å². The summed E-state index contributed by atoms with van der Waals surface area (Å²) in [5, 5.41) is 0. The second-order valence-electron chi connectivity index (χ2n) is 4.22. The van der Waals surface area contributed by atoms with E-state index in [0.29, 0.717) is 0 Å². The van der Waals surface area contributed by atoms with Crippen molar-refractivity contribution in [3.63, 3.8) is 0 Å². The molecule has 0 radical (unpaired) electrons. The second-order valence-corrected chi connectivity index (χ2v) is 4.22. The third-order valence-corrected chi connectivity index (χ3v) is 2.82. The third-order valence-electron chi connectivity index (χ3n) is 2.82.